The number of aromatic nitrogens is 1. The van der Waals surface area contributed by atoms with Gasteiger partial charge in [0.15, 0.2) is 11.7 Å². The Morgan fingerprint density at radius 2 is 2.25 bits per heavy atom. The summed E-state index contributed by atoms with van der Waals surface area (Å²) < 4.78 is 0. The number of carboxylic acids is 1. The van der Waals surface area contributed by atoms with Gasteiger partial charge in [-0.2, -0.15) is 0 Å². The van der Waals surface area contributed by atoms with E-state index in [1.54, 1.807) is 6.07 Å². The highest BCUT2D eigenvalue weighted by Crippen LogP contribution is 2.06. The van der Waals surface area contributed by atoms with E-state index in [9.17, 15) is 9.59 Å². The van der Waals surface area contributed by atoms with Crippen molar-refractivity contribution in [2.75, 3.05) is 12.3 Å². The predicted molar refractivity (Wildman–Crippen MR) is 54.6 cm³/mol. The molecule has 0 radical (unpaired) electrons. The fourth-order valence-corrected chi connectivity index (χ4v) is 1.02. The molecule has 5 N–H and O–H groups in total. The number of nitrogens with two attached hydrogens (primary N) is 1. The highest BCUT2D eigenvalue weighted by molar-refractivity contribution is 5.98. The SMILES string of the molecule is Nc1cccnc1C(=O)N[C@@H](CO)C(=O)O. The number of anilines is 1. The summed E-state index contributed by atoms with van der Waals surface area (Å²) in [7, 11) is 0. The molecule has 0 aromatic carbocycles. The molecular formula is C9H11N3O4. The number of carboxylic acid groups (broad SMARTS) is 1. The average molecular weight is 225 g/mol. The maximum Gasteiger partial charge on any atom is 0.328 e. The number of aliphatic carboxylic acids is 1. The minimum atomic E-state index is -1.37. The van der Waals surface area contributed by atoms with Crippen LogP contribution >= 0.6 is 0 Å². The van der Waals surface area contributed by atoms with Gasteiger partial charge in [-0.05, 0) is 12.1 Å². The third-order valence-electron chi connectivity index (χ3n) is 1.84. The van der Waals surface area contributed by atoms with Crippen LogP contribution in [0.15, 0.2) is 18.3 Å². The molecule has 86 valence electrons. The van der Waals surface area contributed by atoms with Gasteiger partial charge in [-0.3, -0.25) is 4.79 Å². The number of nitrogen functional groups attached to an aromatic ring is 1. The summed E-state index contributed by atoms with van der Waals surface area (Å²) in [5, 5.41) is 19.4. The van der Waals surface area contributed by atoms with Crippen LogP contribution < -0.4 is 11.1 Å². The Balaban J connectivity index is 2.80. The second-order valence-electron chi connectivity index (χ2n) is 2.99. The lowest BCUT2D eigenvalue weighted by Gasteiger charge is -2.11. The van der Waals surface area contributed by atoms with E-state index in [4.69, 9.17) is 15.9 Å². The van der Waals surface area contributed by atoms with Crippen LogP contribution in [0.25, 0.3) is 0 Å². The van der Waals surface area contributed by atoms with Crippen molar-refractivity contribution in [2.24, 2.45) is 0 Å². The van der Waals surface area contributed by atoms with E-state index in [-0.39, 0.29) is 11.4 Å². The summed E-state index contributed by atoms with van der Waals surface area (Å²) in [5.41, 5.74) is 5.55. The Hall–Kier alpha value is -2.15. The number of hydrogen-bond acceptors (Lipinski definition) is 5. The molecule has 7 heteroatoms. The summed E-state index contributed by atoms with van der Waals surface area (Å²) in [4.78, 5) is 25.8. The first-order chi connectivity index (χ1) is 7.56. The fraction of sp³-hybridized carbons (Fsp3) is 0.222. The molecule has 0 spiro atoms. The summed E-state index contributed by atoms with van der Waals surface area (Å²) in [6, 6.07) is 1.65. The van der Waals surface area contributed by atoms with E-state index in [1.807, 2.05) is 0 Å². The minimum absolute atomic E-state index is 0.0674. The molecule has 0 aliphatic rings. The second kappa shape index (κ2) is 5.08. The lowest BCUT2D eigenvalue weighted by atomic mass is 10.2. The zero-order valence-corrected chi connectivity index (χ0v) is 8.25. The summed E-state index contributed by atoms with van der Waals surface area (Å²) in [5.74, 6) is -2.06. The Morgan fingerprint density at radius 1 is 1.56 bits per heavy atom. The number of hydrogen-bond donors (Lipinski definition) is 4. The van der Waals surface area contributed by atoms with Gasteiger partial charge in [0, 0.05) is 6.20 Å². The van der Waals surface area contributed by atoms with Crippen molar-refractivity contribution in [3.8, 4) is 0 Å². The number of aliphatic hydroxyl groups excluding tert-OH is 1. The molecule has 1 atom stereocenters. The lowest BCUT2D eigenvalue weighted by Crippen LogP contribution is -2.43. The van der Waals surface area contributed by atoms with Gasteiger partial charge in [0.2, 0.25) is 0 Å². The summed E-state index contributed by atoms with van der Waals surface area (Å²) in [6.07, 6.45) is 1.36. The van der Waals surface area contributed by atoms with Crippen molar-refractivity contribution in [1.29, 1.82) is 0 Å². The molecule has 0 bridgehead atoms. The van der Waals surface area contributed by atoms with Crippen LogP contribution in [-0.4, -0.2) is 39.7 Å². The topological polar surface area (TPSA) is 126 Å². The molecule has 0 saturated heterocycles. The number of nitrogens with zero attached hydrogens (tertiary/aromatic N) is 1. The Morgan fingerprint density at radius 3 is 2.75 bits per heavy atom. The molecule has 1 aromatic heterocycles. The smallest absolute Gasteiger partial charge is 0.328 e. The monoisotopic (exact) mass is 225 g/mol. The van der Waals surface area contributed by atoms with E-state index in [0.29, 0.717) is 0 Å². The van der Waals surface area contributed by atoms with Crippen LogP contribution in [0.3, 0.4) is 0 Å². The Labute approximate surface area is 90.9 Å². The molecule has 1 aromatic rings. The molecule has 0 unspecified atom stereocenters. The van der Waals surface area contributed by atoms with Crippen molar-refractivity contribution in [2.45, 2.75) is 6.04 Å². The van der Waals surface area contributed by atoms with Crippen LogP contribution in [-0.2, 0) is 4.79 Å². The van der Waals surface area contributed by atoms with Crippen LogP contribution in [0.1, 0.15) is 10.5 Å². The van der Waals surface area contributed by atoms with Gasteiger partial charge >= 0.3 is 5.97 Å². The quantitative estimate of drug-likeness (QED) is 0.512. The summed E-state index contributed by atoms with van der Waals surface area (Å²) >= 11 is 0. The number of aliphatic hydroxyl groups is 1. The van der Waals surface area contributed by atoms with Gasteiger partial charge in [-0.15, -0.1) is 0 Å². The van der Waals surface area contributed by atoms with E-state index >= 15 is 0 Å². The zero-order chi connectivity index (χ0) is 12.1. The van der Waals surface area contributed by atoms with Crippen LogP contribution in [0.4, 0.5) is 5.69 Å². The average Bonchev–Trinajstić information content (AvgIpc) is 2.25. The van der Waals surface area contributed by atoms with Crippen molar-refractivity contribution >= 4 is 17.6 Å². The van der Waals surface area contributed by atoms with Gasteiger partial charge < -0.3 is 21.3 Å². The Kier molecular flexibility index (Phi) is 3.78. The molecule has 0 aliphatic heterocycles. The van der Waals surface area contributed by atoms with Crippen LogP contribution in [0.2, 0.25) is 0 Å². The van der Waals surface area contributed by atoms with E-state index in [1.165, 1.54) is 12.3 Å². The highest BCUT2D eigenvalue weighted by Gasteiger charge is 2.21. The standard InChI is InChI=1S/C9H11N3O4/c10-5-2-1-3-11-7(5)8(14)12-6(4-13)9(15)16/h1-3,6,13H,4,10H2,(H,12,14)(H,15,16)/t6-/m0/s1. The molecule has 0 saturated carbocycles. The molecule has 1 heterocycles. The maximum atomic E-state index is 11.5. The van der Waals surface area contributed by atoms with Gasteiger partial charge in [0.1, 0.15) is 0 Å². The summed E-state index contributed by atoms with van der Waals surface area (Å²) in [6.45, 7) is -0.701. The minimum Gasteiger partial charge on any atom is -0.480 e. The largest absolute Gasteiger partial charge is 0.480 e. The molecule has 1 rings (SSSR count). The fourth-order valence-electron chi connectivity index (χ4n) is 1.02. The Bertz CT molecular complexity index is 407. The number of rotatable bonds is 4. The maximum absolute atomic E-state index is 11.5. The number of nitrogens with one attached hydrogen (secondary N) is 1. The lowest BCUT2D eigenvalue weighted by molar-refractivity contribution is -0.140. The van der Waals surface area contributed by atoms with Crippen molar-refractivity contribution in [1.82, 2.24) is 10.3 Å². The van der Waals surface area contributed by atoms with Gasteiger partial charge in [-0.25, -0.2) is 9.78 Å². The number of carbonyl (C=O) groups excluding carboxylic acids is 1. The molecule has 7 nitrogen and oxygen atoms in total. The van der Waals surface area contributed by atoms with E-state index in [2.05, 4.69) is 10.3 Å². The van der Waals surface area contributed by atoms with Gasteiger partial charge in [0.25, 0.3) is 5.91 Å². The third kappa shape index (κ3) is 2.67. The van der Waals surface area contributed by atoms with Gasteiger partial charge in [-0.1, -0.05) is 0 Å². The van der Waals surface area contributed by atoms with Crippen molar-refractivity contribution in [3.05, 3.63) is 24.0 Å². The van der Waals surface area contributed by atoms with Crippen molar-refractivity contribution in [3.63, 3.8) is 0 Å². The third-order valence-corrected chi connectivity index (χ3v) is 1.84. The van der Waals surface area contributed by atoms with Crippen LogP contribution in [0.5, 0.6) is 0 Å². The zero-order valence-electron chi connectivity index (χ0n) is 8.25. The highest BCUT2D eigenvalue weighted by atomic mass is 16.4. The molecular weight excluding hydrogens is 214 g/mol. The molecule has 0 fully saturated rings. The number of pyridine rings is 1. The van der Waals surface area contributed by atoms with E-state index in [0.717, 1.165) is 0 Å². The normalized spacial score (nSPS) is 11.8. The molecule has 16 heavy (non-hydrogen) atoms. The van der Waals surface area contributed by atoms with Gasteiger partial charge in [0.05, 0.1) is 12.3 Å². The molecule has 0 aliphatic carbocycles. The molecule has 1 amide bonds. The van der Waals surface area contributed by atoms with Crippen LogP contribution in [0, 0.1) is 0 Å². The number of amides is 1. The van der Waals surface area contributed by atoms with Crippen molar-refractivity contribution < 1.29 is 19.8 Å². The van der Waals surface area contributed by atoms with E-state index < -0.39 is 24.5 Å². The first-order valence-electron chi connectivity index (χ1n) is 4.41. The first-order valence-corrected chi connectivity index (χ1v) is 4.41. The first kappa shape index (κ1) is 11.9. The number of carbonyl (C=O) groups is 2. The predicted octanol–water partition coefficient (Wildman–Crippen LogP) is -1.16. The second-order valence-corrected chi connectivity index (χ2v) is 2.99.